The van der Waals surface area contributed by atoms with Gasteiger partial charge in [0.15, 0.2) is 0 Å². The fraction of sp³-hybridized carbons (Fsp3) is 0.133. The minimum Gasteiger partial charge on any atom is -0.477 e. The SMILES string of the molecule is CCc1nc(-c2ccc3ncccc3c2)sc1C(=O)O. The predicted octanol–water partition coefficient (Wildman–Crippen LogP) is 3.62. The van der Waals surface area contributed by atoms with Gasteiger partial charge in [-0.05, 0) is 30.7 Å². The van der Waals surface area contributed by atoms with Crippen molar-refractivity contribution in [1.82, 2.24) is 9.97 Å². The van der Waals surface area contributed by atoms with E-state index in [1.807, 2.05) is 37.3 Å². The summed E-state index contributed by atoms with van der Waals surface area (Å²) in [5.41, 5.74) is 2.49. The Bertz CT molecular complexity index is 795. The largest absolute Gasteiger partial charge is 0.477 e. The summed E-state index contributed by atoms with van der Waals surface area (Å²) in [6.07, 6.45) is 2.37. The second-order valence-corrected chi connectivity index (χ2v) is 5.36. The molecule has 0 bridgehead atoms. The van der Waals surface area contributed by atoms with Crippen LogP contribution in [0, 0.1) is 0 Å². The Labute approximate surface area is 119 Å². The first-order chi connectivity index (χ1) is 9.69. The van der Waals surface area contributed by atoms with Crippen LogP contribution in [0.3, 0.4) is 0 Å². The van der Waals surface area contributed by atoms with Crippen molar-refractivity contribution in [1.29, 1.82) is 0 Å². The van der Waals surface area contributed by atoms with Gasteiger partial charge in [-0.3, -0.25) is 4.98 Å². The molecule has 0 unspecified atom stereocenters. The maximum absolute atomic E-state index is 11.2. The first-order valence-electron chi connectivity index (χ1n) is 6.27. The molecule has 0 saturated heterocycles. The summed E-state index contributed by atoms with van der Waals surface area (Å²) in [7, 11) is 0. The Balaban J connectivity index is 2.13. The van der Waals surface area contributed by atoms with Gasteiger partial charge in [-0.1, -0.05) is 13.0 Å². The number of carboxylic acids is 1. The summed E-state index contributed by atoms with van der Waals surface area (Å²) in [5, 5.41) is 11.0. The molecule has 0 fully saturated rings. The molecule has 0 aliphatic rings. The fourth-order valence-corrected chi connectivity index (χ4v) is 3.08. The highest BCUT2D eigenvalue weighted by atomic mass is 32.1. The van der Waals surface area contributed by atoms with E-state index in [0.717, 1.165) is 21.5 Å². The normalized spacial score (nSPS) is 10.8. The summed E-state index contributed by atoms with van der Waals surface area (Å²) in [6, 6.07) is 9.72. The van der Waals surface area contributed by atoms with E-state index in [-0.39, 0.29) is 0 Å². The van der Waals surface area contributed by atoms with Crippen LogP contribution < -0.4 is 0 Å². The third-order valence-electron chi connectivity index (χ3n) is 3.08. The van der Waals surface area contributed by atoms with E-state index in [1.165, 1.54) is 11.3 Å². The van der Waals surface area contributed by atoms with Crippen LogP contribution in [0.5, 0.6) is 0 Å². The molecule has 1 aromatic carbocycles. The van der Waals surface area contributed by atoms with Crippen LogP contribution in [0.1, 0.15) is 22.3 Å². The lowest BCUT2D eigenvalue weighted by molar-refractivity contribution is 0.0701. The number of pyridine rings is 1. The van der Waals surface area contributed by atoms with E-state index < -0.39 is 5.97 Å². The van der Waals surface area contributed by atoms with Gasteiger partial charge < -0.3 is 5.11 Å². The molecule has 0 spiro atoms. The standard InChI is InChI=1S/C15H12N2O2S/c1-2-11-13(15(18)19)20-14(17-11)10-5-6-12-9(8-10)4-3-7-16-12/h3-8H,2H2,1H3,(H,18,19). The molecule has 0 aliphatic heterocycles. The number of benzene rings is 1. The Morgan fingerprint density at radius 2 is 2.20 bits per heavy atom. The molecular weight excluding hydrogens is 272 g/mol. The first kappa shape index (κ1) is 12.7. The highest BCUT2D eigenvalue weighted by molar-refractivity contribution is 7.17. The average molecular weight is 284 g/mol. The van der Waals surface area contributed by atoms with E-state index >= 15 is 0 Å². The second kappa shape index (κ2) is 5.02. The van der Waals surface area contributed by atoms with Gasteiger partial charge in [0.1, 0.15) is 9.88 Å². The Morgan fingerprint density at radius 3 is 2.90 bits per heavy atom. The number of hydrogen-bond acceptors (Lipinski definition) is 4. The summed E-state index contributed by atoms with van der Waals surface area (Å²) in [4.78, 5) is 20.2. The zero-order valence-electron chi connectivity index (χ0n) is 10.8. The minimum atomic E-state index is -0.909. The van der Waals surface area contributed by atoms with Crippen molar-refractivity contribution in [3.63, 3.8) is 0 Å². The molecule has 2 aromatic heterocycles. The highest BCUT2D eigenvalue weighted by Gasteiger charge is 2.16. The quantitative estimate of drug-likeness (QED) is 0.798. The number of aromatic carboxylic acids is 1. The van der Waals surface area contributed by atoms with E-state index in [4.69, 9.17) is 0 Å². The number of hydrogen-bond donors (Lipinski definition) is 1. The summed E-state index contributed by atoms with van der Waals surface area (Å²) < 4.78 is 0. The van der Waals surface area contributed by atoms with Crippen molar-refractivity contribution >= 4 is 28.2 Å². The van der Waals surface area contributed by atoms with Gasteiger partial charge in [0.25, 0.3) is 0 Å². The van der Waals surface area contributed by atoms with Gasteiger partial charge >= 0.3 is 5.97 Å². The zero-order chi connectivity index (χ0) is 14.1. The maximum Gasteiger partial charge on any atom is 0.347 e. The molecule has 1 N–H and O–H groups in total. The number of thiazole rings is 1. The van der Waals surface area contributed by atoms with Crippen LogP contribution >= 0.6 is 11.3 Å². The number of aromatic nitrogens is 2. The molecule has 5 heteroatoms. The van der Waals surface area contributed by atoms with Crippen LogP contribution in [-0.2, 0) is 6.42 Å². The molecule has 0 saturated carbocycles. The molecule has 0 aliphatic carbocycles. The minimum absolute atomic E-state index is 0.328. The van der Waals surface area contributed by atoms with Gasteiger partial charge in [-0.2, -0.15) is 0 Å². The summed E-state index contributed by atoms with van der Waals surface area (Å²) >= 11 is 1.22. The third kappa shape index (κ3) is 2.16. The van der Waals surface area contributed by atoms with Gasteiger partial charge in [0.05, 0.1) is 11.2 Å². The summed E-state index contributed by atoms with van der Waals surface area (Å²) in [5.74, 6) is -0.909. The number of carbonyl (C=O) groups is 1. The van der Waals surface area contributed by atoms with Crippen molar-refractivity contribution in [2.24, 2.45) is 0 Å². The van der Waals surface area contributed by atoms with Gasteiger partial charge in [0.2, 0.25) is 0 Å². The topological polar surface area (TPSA) is 63.1 Å². The van der Waals surface area contributed by atoms with Crippen LogP contribution in [0.2, 0.25) is 0 Å². The number of carboxylic acid groups (broad SMARTS) is 1. The molecule has 0 amide bonds. The predicted molar refractivity (Wildman–Crippen MR) is 79.2 cm³/mol. The lowest BCUT2D eigenvalue weighted by Crippen LogP contribution is -1.97. The molecule has 0 radical (unpaired) electrons. The van der Waals surface area contributed by atoms with Crippen molar-refractivity contribution in [2.75, 3.05) is 0 Å². The van der Waals surface area contributed by atoms with Crippen LogP contribution in [0.4, 0.5) is 0 Å². The van der Waals surface area contributed by atoms with Crippen molar-refractivity contribution in [2.45, 2.75) is 13.3 Å². The van der Waals surface area contributed by atoms with E-state index in [2.05, 4.69) is 9.97 Å². The third-order valence-corrected chi connectivity index (χ3v) is 4.21. The smallest absolute Gasteiger partial charge is 0.347 e. The van der Waals surface area contributed by atoms with Gasteiger partial charge in [-0.25, -0.2) is 9.78 Å². The highest BCUT2D eigenvalue weighted by Crippen LogP contribution is 2.30. The van der Waals surface area contributed by atoms with E-state index in [9.17, 15) is 9.90 Å². The molecule has 3 rings (SSSR count). The lowest BCUT2D eigenvalue weighted by Gasteiger charge is -1.99. The number of fused-ring (bicyclic) bond motifs is 1. The fourth-order valence-electron chi connectivity index (χ4n) is 2.09. The van der Waals surface area contributed by atoms with Gasteiger partial charge in [-0.15, -0.1) is 11.3 Å². The Hall–Kier alpha value is -2.27. The van der Waals surface area contributed by atoms with Crippen LogP contribution in [0.15, 0.2) is 36.5 Å². The lowest BCUT2D eigenvalue weighted by atomic mass is 10.1. The average Bonchev–Trinajstić information content (AvgIpc) is 2.91. The molecule has 20 heavy (non-hydrogen) atoms. The van der Waals surface area contributed by atoms with Crippen molar-refractivity contribution in [3.8, 4) is 10.6 Å². The number of aryl methyl sites for hydroxylation is 1. The molecule has 4 nitrogen and oxygen atoms in total. The second-order valence-electron chi connectivity index (χ2n) is 4.36. The van der Waals surface area contributed by atoms with Crippen molar-refractivity contribution in [3.05, 3.63) is 47.1 Å². The van der Waals surface area contributed by atoms with E-state index in [1.54, 1.807) is 6.20 Å². The van der Waals surface area contributed by atoms with Crippen LogP contribution in [0.25, 0.3) is 21.5 Å². The summed E-state index contributed by atoms with van der Waals surface area (Å²) in [6.45, 7) is 1.91. The molecular formula is C15H12N2O2S. The molecule has 2 heterocycles. The van der Waals surface area contributed by atoms with E-state index in [0.29, 0.717) is 17.0 Å². The van der Waals surface area contributed by atoms with Crippen LogP contribution in [-0.4, -0.2) is 21.0 Å². The monoisotopic (exact) mass is 284 g/mol. The molecule has 3 aromatic rings. The molecule has 0 atom stereocenters. The van der Waals surface area contributed by atoms with Gasteiger partial charge in [0, 0.05) is 17.1 Å². The zero-order valence-corrected chi connectivity index (χ0v) is 11.6. The molecule has 100 valence electrons. The Morgan fingerprint density at radius 1 is 1.35 bits per heavy atom. The number of nitrogens with zero attached hydrogens (tertiary/aromatic N) is 2. The maximum atomic E-state index is 11.2. The number of rotatable bonds is 3. The Kier molecular flexibility index (Phi) is 3.20. The first-order valence-corrected chi connectivity index (χ1v) is 7.09. The van der Waals surface area contributed by atoms with Crippen molar-refractivity contribution < 1.29 is 9.90 Å².